The molecule has 0 saturated carbocycles. The van der Waals surface area contributed by atoms with Gasteiger partial charge < -0.3 is 4.74 Å². The summed E-state index contributed by atoms with van der Waals surface area (Å²) in [5.74, 6) is 0.238. The van der Waals surface area contributed by atoms with E-state index in [0.717, 1.165) is 69.2 Å². The molecule has 2 aromatic rings. The van der Waals surface area contributed by atoms with Crippen molar-refractivity contribution in [1.29, 1.82) is 0 Å². The average molecular weight is 409 g/mol. The number of nitrogens with zero attached hydrogens (tertiary/aromatic N) is 4. The minimum absolute atomic E-state index is 0.0191. The van der Waals surface area contributed by atoms with Gasteiger partial charge in [0.25, 0.3) is 0 Å². The summed E-state index contributed by atoms with van der Waals surface area (Å²) >= 11 is 0. The number of ether oxygens (including phenoxy) is 1. The zero-order chi connectivity index (χ0) is 21.0. The molecule has 4 rings (SSSR count). The first-order chi connectivity index (χ1) is 14.6. The van der Waals surface area contributed by atoms with E-state index in [2.05, 4.69) is 38.0 Å². The minimum Gasteiger partial charge on any atom is -0.466 e. The van der Waals surface area contributed by atoms with Crippen molar-refractivity contribution in [3.05, 3.63) is 59.7 Å². The number of likely N-dealkylation sites (tertiary alicyclic amines) is 2. The van der Waals surface area contributed by atoms with Crippen LogP contribution in [-0.4, -0.2) is 58.5 Å². The molecular formula is C24H32N4O2. The van der Waals surface area contributed by atoms with Crippen molar-refractivity contribution in [3.8, 4) is 0 Å². The first-order valence-corrected chi connectivity index (χ1v) is 11.0. The Bertz CT molecular complexity index is 859. The van der Waals surface area contributed by atoms with Gasteiger partial charge >= 0.3 is 5.97 Å². The largest absolute Gasteiger partial charge is 0.466 e. The Kier molecular flexibility index (Phi) is 6.44. The lowest BCUT2D eigenvalue weighted by molar-refractivity contribution is -0.157. The highest BCUT2D eigenvalue weighted by atomic mass is 16.5. The summed E-state index contributed by atoms with van der Waals surface area (Å²) in [5.41, 5.74) is 2.76. The highest BCUT2D eigenvalue weighted by molar-refractivity contribution is 5.78. The molecule has 0 spiro atoms. The fourth-order valence-corrected chi connectivity index (χ4v) is 5.13. The van der Waals surface area contributed by atoms with Crippen LogP contribution >= 0.6 is 0 Å². The Morgan fingerprint density at radius 1 is 1.13 bits per heavy atom. The number of pyridine rings is 2. The van der Waals surface area contributed by atoms with E-state index >= 15 is 0 Å². The highest BCUT2D eigenvalue weighted by Crippen LogP contribution is 2.44. The summed E-state index contributed by atoms with van der Waals surface area (Å²) in [6.07, 6.45) is 3.73. The standard InChI is InChI=1S/C24H32N4O2/c1-3-30-23(29)24-11-7-13-27(16-21-9-4-5-12-25-21)14-20(24)15-28(18-24)17-22-10-6-8-19(2)26-22/h4-6,8-10,12,20H,3,7,11,13-18H2,1-2H3/t20-,24-/m0/s1. The molecule has 30 heavy (non-hydrogen) atoms. The van der Waals surface area contributed by atoms with Crippen molar-refractivity contribution in [3.63, 3.8) is 0 Å². The lowest BCUT2D eigenvalue weighted by Gasteiger charge is -2.31. The third-order valence-electron chi connectivity index (χ3n) is 6.47. The number of hydrogen-bond acceptors (Lipinski definition) is 6. The predicted molar refractivity (Wildman–Crippen MR) is 116 cm³/mol. The summed E-state index contributed by atoms with van der Waals surface area (Å²) in [6.45, 7) is 9.50. The van der Waals surface area contributed by atoms with Gasteiger partial charge in [0.1, 0.15) is 0 Å². The van der Waals surface area contributed by atoms with Gasteiger partial charge in [-0.15, -0.1) is 0 Å². The van der Waals surface area contributed by atoms with E-state index in [1.165, 1.54) is 0 Å². The van der Waals surface area contributed by atoms with E-state index in [9.17, 15) is 4.79 Å². The fraction of sp³-hybridized carbons (Fsp3) is 0.542. The van der Waals surface area contributed by atoms with Gasteiger partial charge in [-0.3, -0.25) is 24.6 Å². The third kappa shape index (κ3) is 4.55. The van der Waals surface area contributed by atoms with Gasteiger partial charge in [0.2, 0.25) is 0 Å². The molecule has 2 aliphatic heterocycles. The average Bonchev–Trinajstić information content (AvgIpc) is 2.97. The Morgan fingerprint density at radius 3 is 2.70 bits per heavy atom. The van der Waals surface area contributed by atoms with E-state index < -0.39 is 5.41 Å². The molecule has 0 aromatic carbocycles. The monoisotopic (exact) mass is 408 g/mol. The zero-order valence-electron chi connectivity index (χ0n) is 18.1. The molecule has 0 N–H and O–H groups in total. The summed E-state index contributed by atoms with van der Waals surface area (Å²) < 4.78 is 5.60. The first kappa shape index (κ1) is 20.9. The molecule has 6 nitrogen and oxygen atoms in total. The number of fused-ring (bicyclic) bond motifs is 1. The van der Waals surface area contributed by atoms with Crippen LogP contribution in [0.1, 0.15) is 36.8 Å². The summed E-state index contributed by atoms with van der Waals surface area (Å²) in [7, 11) is 0. The second kappa shape index (κ2) is 9.23. The first-order valence-electron chi connectivity index (χ1n) is 11.0. The minimum atomic E-state index is -0.418. The number of carbonyl (C=O) groups excluding carboxylic acids is 1. The number of aromatic nitrogens is 2. The van der Waals surface area contributed by atoms with Gasteiger partial charge in [0.15, 0.2) is 0 Å². The predicted octanol–water partition coefficient (Wildman–Crippen LogP) is 3.06. The molecule has 0 unspecified atom stereocenters. The molecule has 2 fully saturated rings. The maximum atomic E-state index is 13.2. The molecule has 0 radical (unpaired) electrons. The van der Waals surface area contributed by atoms with Crippen LogP contribution in [0.2, 0.25) is 0 Å². The fourth-order valence-electron chi connectivity index (χ4n) is 5.13. The topological polar surface area (TPSA) is 58.6 Å². The zero-order valence-corrected chi connectivity index (χ0v) is 18.1. The molecule has 2 saturated heterocycles. The maximum Gasteiger partial charge on any atom is 0.313 e. The van der Waals surface area contributed by atoms with Crippen LogP contribution in [0.15, 0.2) is 42.6 Å². The smallest absolute Gasteiger partial charge is 0.313 e. The second-order valence-electron chi connectivity index (χ2n) is 8.67. The molecule has 2 aliphatic rings. The molecule has 0 aliphatic carbocycles. The van der Waals surface area contributed by atoms with Crippen LogP contribution in [0.25, 0.3) is 0 Å². The Hall–Kier alpha value is -2.31. The van der Waals surface area contributed by atoms with Crippen LogP contribution < -0.4 is 0 Å². The van der Waals surface area contributed by atoms with Crippen LogP contribution in [0, 0.1) is 18.3 Å². The quantitative estimate of drug-likeness (QED) is 0.685. The van der Waals surface area contributed by atoms with Gasteiger partial charge in [0, 0.05) is 50.5 Å². The Morgan fingerprint density at radius 2 is 1.93 bits per heavy atom. The van der Waals surface area contributed by atoms with Crippen molar-refractivity contribution >= 4 is 5.97 Å². The second-order valence-corrected chi connectivity index (χ2v) is 8.67. The molecule has 4 heterocycles. The van der Waals surface area contributed by atoms with E-state index in [-0.39, 0.29) is 11.9 Å². The normalized spacial score (nSPS) is 24.9. The number of aryl methyl sites for hydroxylation is 1. The van der Waals surface area contributed by atoms with Crippen molar-refractivity contribution < 1.29 is 9.53 Å². The molecule has 160 valence electrons. The molecular weight excluding hydrogens is 376 g/mol. The highest BCUT2D eigenvalue weighted by Gasteiger charge is 2.53. The van der Waals surface area contributed by atoms with Gasteiger partial charge in [0.05, 0.1) is 23.4 Å². The SMILES string of the molecule is CCOC(=O)[C@]12CCCN(Cc3ccccn3)C[C@H]1CN(Cc1cccc(C)n1)C2. The summed E-state index contributed by atoms with van der Waals surface area (Å²) in [4.78, 5) is 27.2. The van der Waals surface area contributed by atoms with E-state index in [1.54, 1.807) is 0 Å². The van der Waals surface area contributed by atoms with E-state index in [4.69, 9.17) is 4.74 Å². The summed E-state index contributed by atoms with van der Waals surface area (Å²) in [6, 6.07) is 12.2. The van der Waals surface area contributed by atoms with Crippen LogP contribution in [0.3, 0.4) is 0 Å². The molecule has 0 bridgehead atoms. The van der Waals surface area contributed by atoms with Crippen LogP contribution in [0.4, 0.5) is 0 Å². The Labute approximate surface area is 179 Å². The third-order valence-corrected chi connectivity index (χ3v) is 6.47. The lowest BCUT2D eigenvalue weighted by atomic mass is 9.75. The Balaban J connectivity index is 1.53. The van der Waals surface area contributed by atoms with E-state index in [0.29, 0.717) is 6.61 Å². The lowest BCUT2D eigenvalue weighted by Crippen LogP contribution is -2.42. The van der Waals surface area contributed by atoms with Gasteiger partial charge in [-0.25, -0.2) is 0 Å². The molecule has 2 aromatic heterocycles. The number of carbonyl (C=O) groups is 1. The molecule has 2 atom stereocenters. The number of rotatable bonds is 6. The maximum absolute atomic E-state index is 13.2. The van der Waals surface area contributed by atoms with E-state index in [1.807, 2.05) is 38.2 Å². The molecule has 0 amide bonds. The van der Waals surface area contributed by atoms with Crippen LogP contribution in [-0.2, 0) is 22.6 Å². The summed E-state index contributed by atoms with van der Waals surface area (Å²) in [5, 5.41) is 0. The van der Waals surface area contributed by atoms with Crippen molar-refractivity contribution in [2.45, 2.75) is 39.8 Å². The van der Waals surface area contributed by atoms with Crippen molar-refractivity contribution in [1.82, 2.24) is 19.8 Å². The number of esters is 1. The van der Waals surface area contributed by atoms with Crippen molar-refractivity contribution in [2.24, 2.45) is 11.3 Å². The van der Waals surface area contributed by atoms with Gasteiger partial charge in [-0.05, 0) is 57.5 Å². The van der Waals surface area contributed by atoms with Gasteiger partial charge in [-0.1, -0.05) is 12.1 Å². The van der Waals surface area contributed by atoms with Crippen molar-refractivity contribution in [2.75, 3.05) is 32.8 Å². The molecule has 6 heteroatoms. The van der Waals surface area contributed by atoms with Crippen LogP contribution in [0.5, 0.6) is 0 Å². The number of hydrogen-bond donors (Lipinski definition) is 0. The van der Waals surface area contributed by atoms with Gasteiger partial charge in [-0.2, -0.15) is 0 Å².